The van der Waals surface area contributed by atoms with Crippen LogP contribution in [-0.2, 0) is 14.3 Å². The number of ether oxygens (including phenoxy) is 2. The molecule has 0 spiro atoms. The molecular weight excluding hydrogens is 162 g/mol. The van der Waals surface area contributed by atoms with Crippen LogP contribution in [0.15, 0.2) is 12.2 Å². The predicted molar refractivity (Wildman–Crippen MR) is 41.6 cm³/mol. The number of esters is 1. The fraction of sp³-hybridized carbons (Fsp3) is 0.429. The van der Waals surface area contributed by atoms with Gasteiger partial charge in [-0.15, -0.1) is 0 Å². The van der Waals surface area contributed by atoms with E-state index in [-0.39, 0.29) is 12.1 Å². The van der Waals surface area contributed by atoms with Crippen molar-refractivity contribution in [3.05, 3.63) is 12.2 Å². The molecule has 0 fully saturated rings. The van der Waals surface area contributed by atoms with Crippen LogP contribution in [0.5, 0.6) is 0 Å². The third-order valence-electron chi connectivity index (χ3n) is 1.11. The van der Waals surface area contributed by atoms with Crippen molar-refractivity contribution in [3.63, 3.8) is 0 Å². The number of rotatable bonds is 3. The van der Waals surface area contributed by atoms with Gasteiger partial charge in [-0.3, -0.25) is 0 Å². The molecule has 0 saturated carbocycles. The first kappa shape index (κ1) is 10.5. The Labute approximate surface area is 70.3 Å². The first-order chi connectivity index (χ1) is 5.61. The van der Waals surface area contributed by atoms with E-state index in [1.807, 2.05) is 0 Å². The van der Waals surface area contributed by atoms with Crippen LogP contribution < -0.4 is 5.32 Å². The summed E-state index contributed by atoms with van der Waals surface area (Å²) in [5.41, 5.74) is 0.169. The molecule has 0 aromatic rings. The lowest BCUT2D eigenvalue weighted by atomic mass is 10.3. The van der Waals surface area contributed by atoms with Crippen LogP contribution in [0.1, 0.15) is 0 Å². The van der Waals surface area contributed by atoms with Crippen molar-refractivity contribution in [2.45, 2.75) is 0 Å². The lowest BCUT2D eigenvalue weighted by Gasteiger charge is -2.04. The van der Waals surface area contributed by atoms with Gasteiger partial charge in [0.05, 0.1) is 20.8 Å². The van der Waals surface area contributed by atoms with Crippen molar-refractivity contribution in [2.75, 3.05) is 20.8 Å². The summed E-state index contributed by atoms with van der Waals surface area (Å²) in [5.74, 6) is -0.550. The lowest BCUT2D eigenvalue weighted by molar-refractivity contribution is -0.136. The maximum atomic E-state index is 10.7. The van der Waals surface area contributed by atoms with E-state index in [0.717, 1.165) is 0 Å². The topological polar surface area (TPSA) is 64.6 Å². The number of hydrogen-bond donors (Lipinski definition) is 1. The summed E-state index contributed by atoms with van der Waals surface area (Å²) >= 11 is 0. The first-order valence-electron chi connectivity index (χ1n) is 3.19. The summed E-state index contributed by atoms with van der Waals surface area (Å²) in [4.78, 5) is 21.2. The van der Waals surface area contributed by atoms with Gasteiger partial charge in [-0.2, -0.15) is 0 Å². The second-order valence-electron chi connectivity index (χ2n) is 1.94. The maximum absolute atomic E-state index is 10.7. The molecule has 0 rings (SSSR count). The highest BCUT2D eigenvalue weighted by molar-refractivity contribution is 5.88. The largest absolute Gasteiger partial charge is 0.466 e. The van der Waals surface area contributed by atoms with Crippen LogP contribution in [0.4, 0.5) is 4.79 Å². The summed E-state index contributed by atoms with van der Waals surface area (Å²) in [6.07, 6.45) is -0.611. The minimum absolute atomic E-state index is 0.0271. The number of amides is 1. The van der Waals surface area contributed by atoms with Crippen LogP contribution in [0.25, 0.3) is 0 Å². The molecule has 0 unspecified atom stereocenters. The SMILES string of the molecule is C=C(CNC(=O)OC)C(=O)OC. The van der Waals surface area contributed by atoms with Crippen LogP contribution in [0.2, 0.25) is 0 Å². The van der Waals surface area contributed by atoms with Gasteiger partial charge < -0.3 is 14.8 Å². The molecular formula is C7H11NO4. The summed E-state index contributed by atoms with van der Waals surface area (Å²) in [5, 5.41) is 2.29. The van der Waals surface area contributed by atoms with Crippen LogP contribution >= 0.6 is 0 Å². The lowest BCUT2D eigenvalue weighted by Crippen LogP contribution is -2.27. The Balaban J connectivity index is 3.72. The fourth-order valence-corrected chi connectivity index (χ4v) is 0.468. The van der Waals surface area contributed by atoms with E-state index in [1.165, 1.54) is 14.2 Å². The van der Waals surface area contributed by atoms with Crippen molar-refractivity contribution < 1.29 is 19.1 Å². The quantitative estimate of drug-likeness (QED) is 0.484. The molecule has 0 radical (unpaired) electrons. The van der Waals surface area contributed by atoms with Gasteiger partial charge in [0.1, 0.15) is 0 Å². The molecule has 5 heteroatoms. The molecule has 0 atom stereocenters. The van der Waals surface area contributed by atoms with Crippen molar-refractivity contribution in [2.24, 2.45) is 0 Å². The smallest absolute Gasteiger partial charge is 0.407 e. The molecule has 1 N–H and O–H groups in total. The highest BCUT2D eigenvalue weighted by atomic mass is 16.5. The highest BCUT2D eigenvalue weighted by Crippen LogP contribution is 1.90. The zero-order chi connectivity index (χ0) is 9.56. The fourth-order valence-electron chi connectivity index (χ4n) is 0.468. The zero-order valence-electron chi connectivity index (χ0n) is 7.05. The summed E-state index contributed by atoms with van der Waals surface area (Å²) < 4.78 is 8.62. The van der Waals surface area contributed by atoms with Gasteiger partial charge in [-0.1, -0.05) is 6.58 Å². The Morgan fingerprint density at radius 1 is 1.33 bits per heavy atom. The van der Waals surface area contributed by atoms with Crippen LogP contribution in [-0.4, -0.2) is 32.8 Å². The summed E-state index contributed by atoms with van der Waals surface area (Å²) in [7, 11) is 2.47. The van der Waals surface area contributed by atoms with E-state index in [1.54, 1.807) is 0 Å². The molecule has 0 aromatic carbocycles. The Kier molecular flexibility index (Phi) is 4.52. The summed E-state index contributed by atoms with van der Waals surface area (Å²) in [6.45, 7) is 3.41. The maximum Gasteiger partial charge on any atom is 0.407 e. The van der Waals surface area contributed by atoms with Gasteiger partial charge in [0.25, 0.3) is 0 Å². The molecule has 0 aliphatic carbocycles. The third kappa shape index (κ3) is 3.60. The monoisotopic (exact) mass is 173 g/mol. The van der Waals surface area contributed by atoms with Crippen molar-refractivity contribution in [1.29, 1.82) is 0 Å². The number of nitrogens with one attached hydrogen (secondary N) is 1. The average Bonchev–Trinajstić information content (AvgIpc) is 2.11. The predicted octanol–water partition coefficient (Wildman–Crippen LogP) is 0.0716. The molecule has 1 amide bonds. The zero-order valence-corrected chi connectivity index (χ0v) is 7.05. The van der Waals surface area contributed by atoms with Gasteiger partial charge in [0.2, 0.25) is 0 Å². The molecule has 68 valence electrons. The molecule has 12 heavy (non-hydrogen) atoms. The van der Waals surface area contributed by atoms with E-state index in [0.29, 0.717) is 0 Å². The van der Waals surface area contributed by atoms with Crippen molar-refractivity contribution >= 4 is 12.1 Å². The Bertz CT molecular complexity index is 200. The first-order valence-corrected chi connectivity index (χ1v) is 3.19. The van der Waals surface area contributed by atoms with E-state index in [9.17, 15) is 9.59 Å². The second kappa shape index (κ2) is 5.17. The van der Waals surface area contributed by atoms with Gasteiger partial charge in [-0.25, -0.2) is 9.59 Å². The second-order valence-corrected chi connectivity index (χ2v) is 1.94. The van der Waals surface area contributed by atoms with Gasteiger partial charge >= 0.3 is 12.1 Å². The van der Waals surface area contributed by atoms with Crippen LogP contribution in [0, 0.1) is 0 Å². The Morgan fingerprint density at radius 3 is 2.33 bits per heavy atom. The van der Waals surface area contributed by atoms with Crippen molar-refractivity contribution in [1.82, 2.24) is 5.32 Å². The molecule has 0 aromatic heterocycles. The van der Waals surface area contributed by atoms with E-state index < -0.39 is 12.1 Å². The van der Waals surface area contributed by atoms with Crippen LogP contribution in [0.3, 0.4) is 0 Å². The molecule has 0 aliphatic heterocycles. The number of hydrogen-bond acceptors (Lipinski definition) is 4. The third-order valence-corrected chi connectivity index (χ3v) is 1.11. The minimum Gasteiger partial charge on any atom is -0.466 e. The summed E-state index contributed by atoms with van der Waals surface area (Å²) in [6, 6.07) is 0. The number of methoxy groups -OCH3 is 2. The van der Waals surface area contributed by atoms with Gasteiger partial charge in [0, 0.05) is 5.57 Å². The number of carbonyl (C=O) groups excluding carboxylic acids is 2. The minimum atomic E-state index is -0.611. The number of carbonyl (C=O) groups is 2. The molecule has 0 aliphatic rings. The van der Waals surface area contributed by atoms with Crippen molar-refractivity contribution in [3.8, 4) is 0 Å². The Morgan fingerprint density at radius 2 is 1.92 bits per heavy atom. The molecule has 0 bridgehead atoms. The van der Waals surface area contributed by atoms with Gasteiger partial charge in [-0.05, 0) is 0 Å². The normalized spacial score (nSPS) is 8.50. The standard InChI is InChI=1S/C7H11NO4/c1-5(6(9)11-2)4-8-7(10)12-3/h1,4H2,2-3H3,(H,8,10). The Hall–Kier alpha value is -1.52. The average molecular weight is 173 g/mol. The molecule has 0 saturated heterocycles. The van der Waals surface area contributed by atoms with E-state index in [2.05, 4.69) is 21.4 Å². The number of alkyl carbamates (subject to hydrolysis) is 1. The van der Waals surface area contributed by atoms with E-state index in [4.69, 9.17) is 0 Å². The van der Waals surface area contributed by atoms with Gasteiger partial charge in [0.15, 0.2) is 0 Å². The molecule has 0 heterocycles. The molecule has 5 nitrogen and oxygen atoms in total. The highest BCUT2D eigenvalue weighted by Gasteiger charge is 2.07. The van der Waals surface area contributed by atoms with E-state index >= 15 is 0 Å².